The molecule has 0 saturated carbocycles. The van der Waals surface area contributed by atoms with Crippen molar-refractivity contribution >= 4 is 35.0 Å². The summed E-state index contributed by atoms with van der Waals surface area (Å²) in [5.41, 5.74) is 3.58. The Balaban J connectivity index is 1.17. The maximum absolute atomic E-state index is 13.8. The van der Waals surface area contributed by atoms with Gasteiger partial charge in [0.05, 0.1) is 5.56 Å². The van der Waals surface area contributed by atoms with Crippen LogP contribution in [0.3, 0.4) is 0 Å². The summed E-state index contributed by atoms with van der Waals surface area (Å²) in [4.78, 5) is 61.5. The van der Waals surface area contributed by atoms with Crippen LogP contribution in [0.25, 0.3) is 0 Å². The number of rotatable bonds is 7. The molecule has 1 aromatic heterocycles. The Morgan fingerprint density at radius 3 is 2.21 bits per heavy atom. The number of hydrogen-bond acceptors (Lipinski definition) is 5. The van der Waals surface area contributed by atoms with E-state index >= 15 is 0 Å². The average Bonchev–Trinajstić information content (AvgIpc) is 3.51. The van der Waals surface area contributed by atoms with E-state index in [1.165, 1.54) is 6.07 Å². The van der Waals surface area contributed by atoms with Crippen molar-refractivity contribution in [3.05, 3.63) is 62.0 Å². The van der Waals surface area contributed by atoms with E-state index in [2.05, 4.69) is 9.88 Å². The van der Waals surface area contributed by atoms with Crippen molar-refractivity contribution < 1.29 is 14.4 Å². The number of aryl methyl sites for hydroxylation is 3. The van der Waals surface area contributed by atoms with E-state index in [1.54, 1.807) is 13.8 Å². The Morgan fingerprint density at radius 1 is 0.952 bits per heavy atom. The normalized spacial score (nSPS) is 21.1. The highest BCUT2D eigenvalue weighted by molar-refractivity contribution is 6.31. The van der Waals surface area contributed by atoms with Crippen LogP contribution in [0.4, 0.5) is 5.69 Å². The summed E-state index contributed by atoms with van der Waals surface area (Å²) >= 11 is 6.46. The zero-order chi connectivity index (χ0) is 30.1. The number of nitrogens with zero attached hydrogens (tertiary/aromatic N) is 4. The fourth-order valence-corrected chi connectivity index (χ4v) is 7.18. The molecule has 4 heterocycles. The molecule has 42 heavy (non-hydrogen) atoms. The molecular formula is C32H42ClN5O4. The molecule has 226 valence electrons. The van der Waals surface area contributed by atoms with Gasteiger partial charge in [-0.3, -0.25) is 19.2 Å². The van der Waals surface area contributed by atoms with Crippen LogP contribution in [-0.4, -0.2) is 89.8 Å². The van der Waals surface area contributed by atoms with Gasteiger partial charge in [0.2, 0.25) is 17.4 Å². The zero-order valence-electron chi connectivity index (χ0n) is 25.1. The van der Waals surface area contributed by atoms with Gasteiger partial charge < -0.3 is 24.6 Å². The predicted octanol–water partition coefficient (Wildman–Crippen LogP) is 3.64. The second kappa shape index (κ2) is 12.6. The maximum Gasteiger partial charge on any atom is 0.255 e. The summed E-state index contributed by atoms with van der Waals surface area (Å²) in [6, 6.07) is 7.31. The third-order valence-electron chi connectivity index (χ3n) is 9.37. The molecule has 1 N–H and O–H groups in total. The number of amides is 3. The zero-order valence-corrected chi connectivity index (χ0v) is 25.9. The van der Waals surface area contributed by atoms with E-state index in [4.69, 9.17) is 11.6 Å². The maximum atomic E-state index is 13.8. The number of hydrogen-bond donors (Lipinski definition) is 1. The molecule has 10 heteroatoms. The third kappa shape index (κ3) is 6.42. The molecule has 0 bridgehead atoms. The molecule has 5 rings (SSSR count). The first-order valence-electron chi connectivity index (χ1n) is 15.1. The summed E-state index contributed by atoms with van der Waals surface area (Å²) in [6.07, 6.45) is 2.19. The van der Waals surface area contributed by atoms with Gasteiger partial charge in [-0.2, -0.15) is 0 Å². The minimum absolute atomic E-state index is 0.00208. The average molecular weight is 596 g/mol. The number of benzene rings is 1. The van der Waals surface area contributed by atoms with Crippen LogP contribution in [0.1, 0.15) is 53.4 Å². The van der Waals surface area contributed by atoms with Crippen LogP contribution in [0.15, 0.2) is 29.1 Å². The quantitative estimate of drug-likeness (QED) is 0.527. The molecule has 0 spiro atoms. The second-order valence-corrected chi connectivity index (χ2v) is 12.8. The number of carbonyl (C=O) groups excluding carboxylic acids is 3. The molecule has 2 unspecified atom stereocenters. The highest BCUT2D eigenvalue weighted by Gasteiger charge is 2.42. The van der Waals surface area contributed by atoms with E-state index in [0.717, 1.165) is 56.0 Å². The lowest BCUT2D eigenvalue weighted by atomic mass is 9.94. The Morgan fingerprint density at radius 2 is 1.62 bits per heavy atom. The molecule has 3 aliphatic heterocycles. The number of anilines is 1. The van der Waals surface area contributed by atoms with Gasteiger partial charge in [-0.15, -0.1) is 0 Å². The van der Waals surface area contributed by atoms with Crippen molar-refractivity contribution in [2.24, 2.45) is 17.8 Å². The molecule has 2 aromatic rings. The fraction of sp³-hybridized carbons (Fsp3) is 0.562. The van der Waals surface area contributed by atoms with Crippen LogP contribution in [0, 0.1) is 38.5 Å². The lowest BCUT2D eigenvalue weighted by Gasteiger charge is -2.34. The van der Waals surface area contributed by atoms with Gasteiger partial charge in [0.15, 0.2) is 0 Å². The Kier molecular flexibility index (Phi) is 9.08. The largest absolute Gasteiger partial charge is 0.343 e. The summed E-state index contributed by atoms with van der Waals surface area (Å²) in [5.74, 6) is 0.924. The number of aromatic amines is 1. The number of halogens is 1. The van der Waals surface area contributed by atoms with Crippen molar-refractivity contribution in [3.63, 3.8) is 0 Å². The Bertz CT molecular complexity index is 1380. The van der Waals surface area contributed by atoms with Gasteiger partial charge in [-0.05, 0) is 81.7 Å². The van der Waals surface area contributed by atoms with E-state index in [1.807, 2.05) is 46.7 Å². The summed E-state index contributed by atoms with van der Waals surface area (Å²) < 4.78 is 0. The number of pyridine rings is 1. The molecule has 0 radical (unpaired) electrons. The topological polar surface area (TPSA) is 97.0 Å². The monoisotopic (exact) mass is 595 g/mol. The SMILES string of the molecule is CC(=O)N1CCC(C(=O)N(CCCN2CC3CN(C(=O)c4c(C)cc(=O)[nH]c4C)CC3C2)c2ccc(C)c(Cl)c2)CC1. The van der Waals surface area contributed by atoms with Crippen LogP contribution >= 0.6 is 11.6 Å². The van der Waals surface area contributed by atoms with Crippen molar-refractivity contribution in [1.82, 2.24) is 19.7 Å². The molecule has 3 amide bonds. The first-order valence-corrected chi connectivity index (χ1v) is 15.4. The van der Waals surface area contributed by atoms with E-state index < -0.39 is 0 Å². The van der Waals surface area contributed by atoms with Gasteiger partial charge >= 0.3 is 0 Å². The number of likely N-dealkylation sites (tertiary alicyclic amines) is 3. The summed E-state index contributed by atoms with van der Waals surface area (Å²) in [5, 5.41) is 0.649. The Hall–Kier alpha value is -3.17. The molecule has 2 atom stereocenters. The summed E-state index contributed by atoms with van der Waals surface area (Å²) in [6.45, 7) is 13.2. The molecule has 1 aromatic carbocycles. The smallest absolute Gasteiger partial charge is 0.255 e. The van der Waals surface area contributed by atoms with Crippen LogP contribution in [0.2, 0.25) is 5.02 Å². The highest BCUT2D eigenvalue weighted by Crippen LogP contribution is 2.33. The van der Waals surface area contributed by atoms with Gasteiger partial charge in [-0.1, -0.05) is 17.7 Å². The lowest BCUT2D eigenvalue weighted by Crippen LogP contribution is -2.44. The summed E-state index contributed by atoms with van der Waals surface area (Å²) in [7, 11) is 0. The minimum Gasteiger partial charge on any atom is -0.343 e. The number of nitrogens with one attached hydrogen (secondary N) is 1. The fourth-order valence-electron chi connectivity index (χ4n) is 7.00. The number of H-pyrrole nitrogens is 1. The Labute approximate surface area is 252 Å². The number of aromatic nitrogens is 1. The number of piperidine rings is 1. The standard InChI is InChI=1S/C32H42ClN5O4/c1-20-6-7-27(15-28(20)33)38(31(41)24-8-12-36(13-9-24)23(4)39)11-5-10-35-16-25-18-37(19-26(25)17-35)32(42)30-21(2)14-29(40)34-22(30)3/h6-7,14-15,24-26H,5,8-13,16-19H2,1-4H3,(H,34,40). The molecule has 3 aliphatic rings. The van der Waals surface area contributed by atoms with Crippen LogP contribution in [-0.2, 0) is 9.59 Å². The van der Waals surface area contributed by atoms with Gasteiger partial charge in [0.25, 0.3) is 5.91 Å². The van der Waals surface area contributed by atoms with Crippen molar-refractivity contribution in [1.29, 1.82) is 0 Å². The second-order valence-electron chi connectivity index (χ2n) is 12.4. The van der Waals surface area contributed by atoms with E-state index in [9.17, 15) is 19.2 Å². The molecular weight excluding hydrogens is 554 g/mol. The molecule has 3 fully saturated rings. The molecule has 9 nitrogen and oxygen atoms in total. The minimum atomic E-state index is -0.181. The first-order chi connectivity index (χ1) is 20.0. The van der Waals surface area contributed by atoms with E-state index in [-0.39, 0.29) is 29.2 Å². The van der Waals surface area contributed by atoms with Gasteiger partial charge in [0, 0.05) is 81.1 Å². The van der Waals surface area contributed by atoms with E-state index in [0.29, 0.717) is 60.6 Å². The van der Waals surface area contributed by atoms with Crippen LogP contribution < -0.4 is 10.5 Å². The number of carbonyl (C=O) groups is 3. The van der Waals surface area contributed by atoms with Crippen LogP contribution in [0.5, 0.6) is 0 Å². The molecule has 3 saturated heterocycles. The van der Waals surface area contributed by atoms with Gasteiger partial charge in [-0.25, -0.2) is 0 Å². The van der Waals surface area contributed by atoms with Crippen molar-refractivity contribution in [2.45, 2.75) is 47.0 Å². The third-order valence-corrected chi connectivity index (χ3v) is 9.78. The number of fused-ring (bicyclic) bond motifs is 1. The lowest BCUT2D eigenvalue weighted by molar-refractivity contribution is -0.133. The van der Waals surface area contributed by atoms with Gasteiger partial charge in [0.1, 0.15) is 0 Å². The predicted molar refractivity (Wildman–Crippen MR) is 164 cm³/mol. The highest BCUT2D eigenvalue weighted by atomic mass is 35.5. The molecule has 0 aliphatic carbocycles. The first kappa shape index (κ1) is 30.3. The van der Waals surface area contributed by atoms with Crippen molar-refractivity contribution in [2.75, 3.05) is 57.3 Å². The van der Waals surface area contributed by atoms with Crippen molar-refractivity contribution in [3.8, 4) is 0 Å².